The number of nitrogens with zero attached hydrogens (tertiary/aromatic N) is 3. The number of amides is 1. The highest BCUT2D eigenvalue weighted by molar-refractivity contribution is 5.94. The third-order valence-corrected chi connectivity index (χ3v) is 6.43. The highest BCUT2D eigenvalue weighted by Gasteiger charge is 2.28. The van der Waals surface area contributed by atoms with Gasteiger partial charge in [0, 0.05) is 43.7 Å². The summed E-state index contributed by atoms with van der Waals surface area (Å²) in [5.41, 5.74) is 2.30. The first-order valence-corrected chi connectivity index (χ1v) is 11.4. The summed E-state index contributed by atoms with van der Waals surface area (Å²) in [6, 6.07) is 10.8. The van der Waals surface area contributed by atoms with Gasteiger partial charge in [-0.05, 0) is 69.8 Å². The first-order valence-electron chi connectivity index (χ1n) is 11.4. The molecular weight excluding hydrogens is 393 g/mol. The van der Waals surface area contributed by atoms with E-state index in [1.54, 1.807) is 12.3 Å². The minimum Gasteiger partial charge on any atom is -0.376 e. The van der Waals surface area contributed by atoms with Crippen LogP contribution in [0.1, 0.15) is 47.3 Å². The predicted octanol–water partition coefficient (Wildman–Crippen LogP) is 4.06. The molecular formula is C25H32FN3O2. The van der Waals surface area contributed by atoms with E-state index < -0.39 is 0 Å². The van der Waals surface area contributed by atoms with Crippen LogP contribution in [0, 0.1) is 18.7 Å². The van der Waals surface area contributed by atoms with Crippen molar-refractivity contribution in [2.24, 2.45) is 5.92 Å². The third-order valence-electron chi connectivity index (χ3n) is 6.43. The maximum absolute atomic E-state index is 14.0. The molecule has 0 saturated carbocycles. The van der Waals surface area contributed by atoms with Gasteiger partial charge in [-0.2, -0.15) is 0 Å². The number of aryl methyl sites for hydroxylation is 1. The van der Waals surface area contributed by atoms with Gasteiger partial charge in [0.2, 0.25) is 0 Å². The zero-order valence-electron chi connectivity index (χ0n) is 18.3. The molecule has 1 amide bonds. The number of likely N-dealkylation sites (tertiary alicyclic amines) is 1. The molecule has 0 aliphatic carbocycles. The van der Waals surface area contributed by atoms with Crippen LogP contribution >= 0.6 is 0 Å². The van der Waals surface area contributed by atoms with E-state index in [-0.39, 0.29) is 17.8 Å². The molecule has 4 rings (SSSR count). The van der Waals surface area contributed by atoms with Crippen LogP contribution in [0.2, 0.25) is 0 Å². The van der Waals surface area contributed by atoms with Gasteiger partial charge >= 0.3 is 0 Å². The Bertz CT molecular complexity index is 859. The third kappa shape index (κ3) is 5.89. The average Bonchev–Trinajstić information content (AvgIpc) is 3.29. The minimum atomic E-state index is -0.135. The van der Waals surface area contributed by atoms with E-state index in [1.807, 2.05) is 36.1 Å². The van der Waals surface area contributed by atoms with Crippen molar-refractivity contribution >= 4 is 5.91 Å². The fourth-order valence-electron chi connectivity index (χ4n) is 4.56. The second-order valence-corrected chi connectivity index (χ2v) is 8.84. The number of piperidine rings is 1. The molecule has 2 fully saturated rings. The van der Waals surface area contributed by atoms with Gasteiger partial charge in [-0.1, -0.05) is 18.2 Å². The maximum Gasteiger partial charge on any atom is 0.255 e. The number of hydrogen-bond donors (Lipinski definition) is 0. The van der Waals surface area contributed by atoms with E-state index in [9.17, 15) is 9.18 Å². The van der Waals surface area contributed by atoms with Crippen molar-refractivity contribution in [2.45, 2.75) is 45.3 Å². The SMILES string of the molecule is Cc1ccc(C(=O)N(CC2CCN(Cc3ccccc3F)CC2)C[C@H]2CCCO2)cn1. The second kappa shape index (κ2) is 10.3. The Hall–Kier alpha value is -2.31. The molecule has 5 nitrogen and oxygen atoms in total. The Kier molecular flexibility index (Phi) is 7.30. The Morgan fingerprint density at radius 3 is 2.65 bits per heavy atom. The lowest BCUT2D eigenvalue weighted by atomic mass is 9.95. The molecule has 166 valence electrons. The summed E-state index contributed by atoms with van der Waals surface area (Å²) in [7, 11) is 0. The fraction of sp³-hybridized carbons (Fsp3) is 0.520. The van der Waals surface area contributed by atoms with Gasteiger partial charge in [0.1, 0.15) is 5.82 Å². The van der Waals surface area contributed by atoms with Gasteiger partial charge in [0.25, 0.3) is 5.91 Å². The van der Waals surface area contributed by atoms with Crippen LogP contribution in [0.15, 0.2) is 42.6 Å². The molecule has 3 heterocycles. The van der Waals surface area contributed by atoms with Gasteiger partial charge in [-0.3, -0.25) is 14.7 Å². The normalized spacial score (nSPS) is 20.1. The van der Waals surface area contributed by atoms with Gasteiger partial charge in [-0.25, -0.2) is 4.39 Å². The van der Waals surface area contributed by atoms with Crippen LogP contribution in [0.5, 0.6) is 0 Å². The van der Waals surface area contributed by atoms with Crippen molar-refractivity contribution in [3.63, 3.8) is 0 Å². The van der Waals surface area contributed by atoms with Gasteiger partial charge in [-0.15, -0.1) is 0 Å². The molecule has 1 aromatic carbocycles. The average molecular weight is 426 g/mol. The molecule has 31 heavy (non-hydrogen) atoms. The van der Waals surface area contributed by atoms with Crippen LogP contribution in [-0.4, -0.2) is 59.6 Å². The number of halogens is 1. The molecule has 0 unspecified atom stereocenters. The number of hydrogen-bond acceptors (Lipinski definition) is 4. The number of rotatable bonds is 7. The lowest BCUT2D eigenvalue weighted by Gasteiger charge is -2.35. The summed E-state index contributed by atoms with van der Waals surface area (Å²) >= 11 is 0. The molecule has 1 atom stereocenters. The highest BCUT2D eigenvalue weighted by Crippen LogP contribution is 2.23. The Balaban J connectivity index is 1.36. The molecule has 2 aliphatic heterocycles. The topological polar surface area (TPSA) is 45.7 Å². The number of aromatic nitrogens is 1. The molecule has 1 aromatic heterocycles. The quantitative estimate of drug-likeness (QED) is 0.671. The van der Waals surface area contributed by atoms with Crippen LogP contribution in [0.3, 0.4) is 0 Å². The van der Waals surface area contributed by atoms with E-state index in [0.29, 0.717) is 24.6 Å². The van der Waals surface area contributed by atoms with Gasteiger partial charge in [0.15, 0.2) is 0 Å². The van der Waals surface area contributed by atoms with Crippen molar-refractivity contribution in [3.8, 4) is 0 Å². The van der Waals surface area contributed by atoms with E-state index in [1.165, 1.54) is 6.07 Å². The Morgan fingerprint density at radius 1 is 1.16 bits per heavy atom. The van der Waals surface area contributed by atoms with Crippen molar-refractivity contribution < 1.29 is 13.9 Å². The van der Waals surface area contributed by atoms with E-state index in [0.717, 1.165) is 63.2 Å². The van der Waals surface area contributed by atoms with Gasteiger partial charge < -0.3 is 9.64 Å². The Morgan fingerprint density at radius 2 is 1.97 bits per heavy atom. The molecule has 0 bridgehead atoms. The summed E-state index contributed by atoms with van der Waals surface area (Å²) in [6.45, 7) is 6.58. The summed E-state index contributed by atoms with van der Waals surface area (Å²) in [5.74, 6) is 0.349. The summed E-state index contributed by atoms with van der Waals surface area (Å²) < 4.78 is 19.8. The van der Waals surface area contributed by atoms with Crippen LogP contribution in [-0.2, 0) is 11.3 Å². The maximum atomic E-state index is 14.0. The fourth-order valence-corrected chi connectivity index (χ4v) is 4.56. The zero-order valence-corrected chi connectivity index (χ0v) is 18.3. The van der Waals surface area contributed by atoms with Crippen LogP contribution in [0.4, 0.5) is 4.39 Å². The minimum absolute atomic E-state index is 0.0387. The van der Waals surface area contributed by atoms with Crippen molar-refractivity contribution in [1.29, 1.82) is 0 Å². The number of carbonyl (C=O) groups is 1. The van der Waals surface area contributed by atoms with Crippen molar-refractivity contribution in [3.05, 3.63) is 65.2 Å². The summed E-state index contributed by atoms with van der Waals surface area (Å²) in [4.78, 5) is 21.8. The zero-order chi connectivity index (χ0) is 21.6. The molecule has 0 spiro atoms. The second-order valence-electron chi connectivity index (χ2n) is 8.84. The largest absolute Gasteiger partial charge is 0.376 e. The van der Waals surface area contributed by atoms with E-state index >= 15 is 0 Å². The molecule has 2 aromatic rings. The lowest BCUT2D eigenvalue weighted by Crippen LogP contribution is -2.43. The number of ether oxygens (including phenoxy) is 1. The number of pyridine rings is 1. The van der Waals surface area contributed by atoms with Crippen molar-refractivity contribution in [1.82, 2.24) is 14.8 Å². The van der Waals surface area contributed by atoms with Crippen molar-refractivity contribution in [2.75, 3.05) is 32.8 Å². The summed E-state index contributed by atoms with van der Waals surface area (Å²) in [6.07, 6.45) is 5.90. The first kappa shape index (κ1) is 21.9. The van der Waals surface area contributed by atoms with Gasteiger partial charge in [0.05, 0.1) is 11.7 Å². The monoisotopic (exact) mass is 425 g/mol. The standard InChI is InChI=1S/C25H32FN3O2/c1-19-8-9-21(15-27-19)25(30)29(18-23-6-4-14-31-23)16-20-10-12-28(13-11-20)17-22-5-2-3-7-24(22)26/h2-3,5,7-9,15,20,23H,4,6,10-14,16-18H2,1H3/t23-/m1/s1. The Labute approximate surface area is 184 Å². The predicted molar refractivity (Wildman–Crippen MR) is 118 cm³/mol. The molecule has 2 saturated heterocycles. The van der Waals surface area contributed by atoms with Crippen LogP contribution in [0.25, 0.3) is 0 Å². The number of carbonyl (C=O) groups excluding carboxylic acids is 1. The molecule has 2 aliphatic rings. The first-order chi connectivity index (χ1) is 15.1. The molecule has 6 heteroatoms. The lowest BCUT2D eigenvalue weighted by molar-refractivity contribution is 0.0444. The molecule has 0 radical (unpaired) electrons. The smallest absolute Gasteiger partial charge is 0.255 e. The molecule has 0 N–H and O–H groups in total. The van der Waals surface area contributed by atoms with Crippen LogP contribution < -0.4 is 0 Å². The summed E-state index contributed by atoms with van der Waals surface area (Å²) in [5, 5.41) is 0. The van der Waals surface area contributed by atoms with E-state index in [4.69, 9.17) is 4.74 Å². The number of benzene rings is 1. The highest BCUT2D eigenvalue weighted by atomic mass is 19.1. The van der Waals surface area contributed by atoms with E-state index in [2.05, 4.69) is 9.88 Å².